The van der Waals surface area contributed by atoms with Crippen LogP contribution in [0.4, 0.5) is 0 Å². The van der Waals surface area contributed by atoms with Gasteiger partial charge in [-0.3, -0.25) is 9.59 Å². The van der Waals surface area contributed by atoms with E-state index in [-0.39, 0.29) is 18.4 Å². The lowest BCUT2D eigenvalue weighted by Crippen LogP contribution is -2.39. The van der Waals surface area contributed by atoms with Crippen molar-refractivity contribution in [3.05, 3.63) is 0 Å². The van der Waals surface area contributed by atoms with E-state index in [1.54, 1.807) is 11.9 Å². The van der Waals surface area contributed by atoms with E-state index in [0.29, 0.717) is 6.42 Å². The first kappa shape index (κ1) is 16.0. The van der Waals surface area contributed by atoms with Crippen LogP contribution < -0.4 is 5.73 Å². The summed E-state index contributed by atoms with van der Waals surface area (Å²) in [4.78, 5) is 27.2. The van der Waals surface area contributed by atoms with Crippen molar-refractivity contribution in [2.75, 3.05) is 33.2 Å². The quantitative estimate of drug-likeness (QED) is 0.668. The van der Waals surface area contributed by atoms with Crippen LogP contribution in [0, 0.1) is 0 Å². The highest BCUT2D eigenvalue weighted by Gasteiger charge is 2.20. The summed E-state index contributed by atoms with van der Waals surface area (Å²) in [5, 5.41) is 0. The van der Waals surface area contributed by atoms with E-state index < -0.39 is 0 Å². The lowest BCUT2D eigenvalue weighted by molar-refractivity contribution is -0.138. The lowest BCUT2D eigenvalue weighted by atomic mass is 10.1. The number of amides is 2. The Hall–Kier alpha value is -1.10. The molecule has 0 unspecified atom stereocenters. The standard InChI is InChI=1S/C14H27N3O2/c1-16(12-14(19)17-10-6-7-11-17)13(18)8-4-2-3-5-9-15/h2-12,15H2,1H3. The van der Waals surface area contributed by atoms with Gasteiger partial charge < -0.3 is 15.5 Å². The van der Waals surface area contributed by atoms with E-state index in [4.69, 9.17) is 5.73 Å². The molecule has 0 bridgehead atoms. The van der Waals surface area contributed by atoms with Crippen LogP contribution in [0.2, 0.25) is 0 Å². The van der Waals surface area contributed by atoms with Crippen molar-refractivity contribution < 1.29 is 9.59 Å². The molecule has 0 aromatic heterocycles. The van der Waals surface area contributed by atoms with Crippen LogP contribution in [-0.2, 0) is 9.59 Å². The molecule has 1 aliphatic heterocycles. The van der Waals surface area contributed by atoms with E-state index in [1.807, 2.05) is 4.90 Å². The molecule has 19 heavy (non-hydrogen) atoms. The third kappa shape index (κ3) is 6.05. The highest BCUT2D eigenvalue weighted by molar-refractivity contribution is 5.84. The number of hydrogen-bond donors (Lipinski definition) is 1. The molecule has 2 amide bonds. The zero-order chi connectivity index (χ0) is 14.1. The number of nitrogens with two attached hydrogens (primary N) is 1. The van der Waals surface area contributed by atoms with E-state index in [1.165, 1.54) is 0 Å². The molecule has 1 saturated heterocycles. The van der Waals surface area contributed by atoms with Gasteiger partial charge in [0.25, 0.3) is 0 Å². The van der Waals surface area contributed by atoms with Crippen molar-refractivity contribution in [3.8, 4) is 0 Å². The molecule has 1 aliphatic rings. The maximum atomic E-state index is 11.9. The molecule has 5 heteroatoms. The van der Waals surface area contributed by atoms with E-state index in [2.05, 4.69) is 0 Å². The predicted octanol–water partition coefficient (Wildman–Crippen LogP) is 0.976. The van der Waals surface area contributed by atoms with Gasteiger partial charge in [-0.1, -0.05) is 12.8 Å². The topological polar surface area (TPSA) is 66.6 Å². The van der Waals surface area contributed by atoms with E-state index in [9.17, 15) is 9.59 Å². The molecule has 2 N–H and O–H groups in total. The third-order valence-electron chi connectivity index (χ3n) is 3.60. The summed E-state index contributed by atoms with van der Waals surface area (Å²) in [6, 6.07) is 0. The van der Waals surface area contributed by atoms with Crippen LogP contribution in [-0.4, -0.2) is 54.8 Å². The Morgan fingerprint density at radius 3 is 2.37 bits per heavy atom. The van der Waals surface area contributed by atoms with Crippen LogP contribution in [0.25, 0.3) is 0 Å². The van der Waals surface area contributed by atoms with Crippen LogP contribution in [0.5, 0.6) is 0 Å². The Balaban J connectivity index is 2.15. The summed E-state index contributed by atoms with van der Waals surface area (Å²) in [6.45, 7) is 2.64. The van der Waals surface area contributed by atoms with Gasteiger partial charge in [-0.15, -0.1) is 0 Å². The number of likely N-dealkylation sites (N-methyl/N-ethyl adjacent to an activating group) is 1. The van der Waals surface area contributed by atoms with Gasteiger partial charge >= 0.3 is 0 Å². The summed E-state index contributed by atoms with van der Waals surface area (Å²) in [7, 11) is 1.72. The summed E-state index contributed by atoms with van der Waals surface area (Å²) in [5.74, 6) is 0.150. The number of rotatable bonds is 8. The van der Waals surface area contributed by atoms with Gasteiger partial charge in [-0.25, -0.2) is 0 Å². The predicted molar refractivity (Wildman–Crippen MR) is 75.6 cm³/mol. The second kappa shape index (κ2) is 8.91. The smallest absolute Gasteiger partial charge is 0.242 e. The number of hydrogen-bond acceptors (Lipinski definition) is 3. The maximum Gasteiger partial charge on any atom is 0.242 e. The SMILES string of the molecule is CN(CC(=O)N1CCCC1)C(=O)CCCCCCN. The minimum Gasteiger partial charge on any atom is -0.341 e. The number of carbonyl (C=O) groups is 2. The fourth-order valence-electron chi connectivity index (χ4n) is 2.32. The first-order valence-corrected chi connectivity index (χ1v) is 7.37. The number of likely N-dealkylation sites (tertiary alicyclic amines) is 1. The van der Waals surface area contributed by atoms with Crippen LogP contribution in [0.1, 0.15) is 44.9 Å². The number of nitrogens with zero attached hydrogens (tertiary/aromatic N) is 2. The minimum atomic E-state index is 0.0697. The Bertz CT molecular complexity index is 288. The third-order valence-corrected chi connectivity index (χ3v) is 3.60. The Kier molecular flexibility index (Phi) is 7.48. The van der Waals surface area contributed by atoms with Gasteiger partial charge in [0.1, 0.15) is 0 Å². The molecule has 110 valence electrons. The van der Waals surface area contributed by atoms with Gasteiger partial charge in [-0.2, -0.15) is 0 Å². The highest BCUT2D eigenvalue weighted by atomic mass is 16.2. The van der Waals surface area contributed by atoms with Crippen molar-refractivity contribution in [1.82, 2.24) is 9.80 Å². The normalized spacial score (nSPS) is 14.7. The van der Waals surface area contributed by atoms with E-state index >= 15 is 0 Å². The molecule has 5 nitrogen and oxygen atoms in total. The van der Waals surface area contributed by atoms with Gasteiger partial charge in [-0.05, 0) is 32.2 Å². The van der Waals surface area contributed by atoms with Crippen molar-refractivity contribution in [3.63, 3.8) is 0 Å². The molecule has 0 aliphatic carbocycles. The largest absolute Gasteiger partial charge is 0.341 e. The molecule has 0 atom stereocenters. The second-order valence-electron chi connectivity index (χ2n) is 5.29. The summed E-state index contributed by atoms with van der Waals surface area (Å²) < 4.78 is 0. The summed E-state index contributed by atoms with van der Waals surface area (Å²) in [5.41, 5.74) is 5.42. The van der Waals surface area contributed by atoms with Crippen molar-refractivity contribution >= 4 is 11.8 Å². The number of carbonyl (C=O) groups excluding carboxylic acids is 2. The Labute approximate surface area is 116 Å². The van der Waals surface area contributed by atoms with Gasteiger partial charge in [0.2, 0.25) is 11.8 Å². The van der Waals surface area contributed by atoms with Crippen LogP contribution in [0.15, 0.2) is 0 Å². The summed E-state index contributed by atoms with van der Waals surface area (Å²) >= 11 is 0. The van der Waals surface area contributed by atoms with Crippen LogP contribution >= 0.6 is 0 Å². The Morgan fingerprint density at radius 2 is 1.74 bits per heavy atom. The van der Waals surface area contributed by atoms with Gasteiger partial charge in [0.15, 0.2) is 0 Å². The van der Waals surface area contributed by atoms with Crippen molar-refractivity contribution in [2.45, 2.75) is 44.9 Å². The maximum absolute atomic E-state index is 11.9. The van der Waals surface area contributed by atoms with Crippen LogP contribution in [0.3, 0.4) is 0 Å². The van der Waals surface area contributed by atoms with Gasteiger partial charge in [0.05, 0.1) is 6.54 Å². The van der Waals surface area contributed by atoms with Crippen molar-refractivity contribution in [2.24, 2.45) is 5.73 Å². The lowest BCUT2D eigenvalue weighted by Gasteiger charge is -2.21. The number of unbranched alkanes of at least 4 members (excludes halogenated alkanes) is 3. The average Bonchev–Trinajstić information content (AvgIpc) is 2.92. The molecule has 0 saturated carbocycles. The average molecular weight is 269 g/mol. The minimum absolute atomic E-state index is 0.0697. The van der Waals surface area contributed by atoms with Gasteiger partial charge in [0, 0.05) is 26.6 Å². The Morgan fingerprint density at radius 1 is 1.11 bits per heavy atom. The molecular formula is C14H27N3O2. The molecule has 1 heterocycles. The fraction of sp³-hybridized carbons (Fsp3) is 0.857. The zero-order valence-corrected chi connectivity index (χ0v) is 12.1. The monoisotopic (exact) mass is 269 g/mol. The first-order chi connectivity index (χ1) is 9.15. The van der Waals surface area contributed by atoms with Crippen molar-refractivity contribution in [1.29, 1.82) is 0 Å². The molecule has 1 rings (SSSR count). The zero-order valence-electron chi connectivity index (χ0n) is 12.1. The summed E-state index contributed by atoms with van der Waals surface area (Å²) in [6.07, 6.45) is 6.75. The molecule has 0 aromatic rings. The molecule has 1 fully saturated rings. The molecule has 0 spiro atoms. The molecular weight excluding hydrogens is 242 g/mol. The molecule has 0 aromatic carbocycles. The van der Waals surface area contributed by atoms with E-state index in [0.717, 1.165) is 58.2 Å². The fourth-order valence-corrected chi connectivity index (χ4v) is 2.32. The highest BCUT2D eigenvalue weighted by Crippen LogP contribution is 2.09. The first-order valence-electron chi connectivity index (χ1n) is 7.37. The molecule has 0 radical (unpaired) electrons. The second-order valence-corrected chi connectivity index (χ2v) is 5.29.